The topological polar surface area (TPSA) is 66.4 Å². The number of carboxylic acid groups (broad SMARTS) is 1. The van der Waals surface area contributed by atoms with Gasteiger partial charge in [0.15, 0.2) is 0 Å². The van der Waals surface area contributed by atoms with Crippen molar-refractivity contribution in [3.05, 3.63) is 0 Å². The van der Waals surface area contributed by atoms with Gasteiger partial charge >= 0.3 is 12.1 Å². The monoisotopic (exact) mass is 241 g/mol. The molecule has 0 aliphatic heterocycles. The summed E-state index contributed by atoms with van der Waals surface area (Å²) in [5.41, 5.74) is 0. The number of amides is 1. The van der Waals surface area contributed by atoms with Gasteiger partial charge in [0.2, 0.25) is 5.91 Å². The number of nitrogens with one attached hydrogen (secondary N) is 1. The van der Waals surface area contributed by atoms with Gasteiger partial charge in [-0.25, -0.2) is 4.79 Å². The maximum atomic E-state index is 12.0. The number of alkyl halides is 3. The third-order valence-corrected chi connectivity index (χ3v) is 1.83. The Hall–Kier alpha value is -1.27. The van der Waals surface area contributed by atoms with E-state index in [2.05, 4.69) is 0 Å². The Morgan fingerprint density at radius 1 is 1.38 bits per heavy atom. The predicted molar refractivity (Wildman–Crippen MR) is 49.8 cm³/mol. The lowest BCUT2D eigenvalue weighted by Gasteiger charge is -2.16. The molecule has 0 heterocycles. The Morgan fingerprint density at radius 3 is 2.31 bits per heavy atom. The Kier molecular flexibility index (Phi) is 5.84. The molecule has 94 valence electrons. The fraction of sp³-hybridized carbons (Fsp3) is 0.778. The highest BCUT2D eigenvalue weighted by Gasteiger charge is 2.36. The van der Waals surface area contributed by atoms with E-state index in [9.17, 15) is 22.8 Å². The Morgan fingerprint density at radius 2 is 1.94 bits per heavy atom. The van der Waals surface area contributed by atoms with Gasteiger partial charge in [0.1, 0.15) is 6.04 Å². The molecule has 0 aromatic heterocycles. The Balaban J connectivity index is 4.24. The van der Waals surface area contributed by atoms with Crippen LogP contribution in [-0.4, -0.2) is 29.2 Å². The second-order valence-electron chi connectivity index (χ2n) is 3.38. The van der Waals surface area contributed by atoms with Crippen molar-refractivity contribution in [1.82, 2.24) is 5.32 Å². The smallest absolute Gasteiger partial charge is 0.391 e. The van der Waals surface area contributed by atoms with Crippen LogP contribution in [0.25, 0.3) is 0 Å². The minimum absolute atomic E-state index is 0.0398. The fourth-order valence-electron chi connectivity index (χ4n) is 1.04. The molecule has 0 spiro atoms. The minimum Gasteiger partial charge on any atom is -0.480 e. The molecule has 0 aliphatic rings. The minimum atomic E-state index is -4.61. The zero-order valence-electron chi connectivity index (χ0n) is 8.80. The zero-order chi connectivity index (χ0) is 12.8. The summed E-state index contributed by atoms with van der Waals surface area (Å²) in [4.78, 5) is 21.5. The summed E-state index contributed by atoms with van der Waals surface area (Å²) in [5.74, 6) is -2.35. The first kappa shape index (κ1) is 14.7. The summed E-state index contributed by atoms with van der Waals surface area (Å²) in [6, 6.07) is -1.90. The van der Waals surface area contributed by atoms with Crippen LogP contribution in [0.2, 0.25) is 0 Å². The molecule has 1 amide bonds. The predicted octanol–water partition coefficient (Wildman–Crippen LogP) is 1.70. The summed E-state index contributed by atoms with van der Waals surface area (Å²) in [6.07, 6.45) is -4.89. The lowest BCUT2D eigenvalue weighted by Crippen LogP contribution is -2.43. The summed E-state index contributed by atoms with van der Waals surface area (Å²) >= 11 is 0. The van der Waals surface area contributed by atoms with E-state index in [-0.39, 0.29) is 6.42 Å². The third kappa shape index (κ3) is 7.08. The van der Waals surface area contributed by atoms with E-state index in [0.717, 1.165) is 0 Å². The van der Waals surface area contributed by atoms with Crippen molar-refractivity contribution < 1.29 is 27.9 Å². The molecule has 0 aromatic carbocycles. The highest BCUT2D eigenvalue weighted by Crippen LogP contribution is 2.21. The maximum Gasteiger partial charge on any atom is 0.391 e. The second kappa shape index (κ2) is 6.34. The van der Waals surface area contributed by atoms with Gasteiger partial charge in [0.05, 0.1) is 6.42 Å². The normalized spacial score (nSPS) is 13.2. The van der Waals surface area contributed by atoms with Crippen molar-refractivity contribution in [2.24, 2.45) is 0 Å². The molecule has 7 heteroatoms. The van der Waals surface area contributed by atoms with Crippen LogP contribution in [0.1, 0.15) is 32.6 Å². The van der Waals surface area contributed by atoms with Gasteiger partial charge in [-0.3, -0.25) is 4.79 Å². The Bertz CT molecular complexity index is 253. The number of hydrogen-bond donors (Lipinski definition) is 2. The standard InChI is InChI=1S/C9H14F3NO3/c1-2-3-4-7(14)13-6(8(15)16)5-9(10,11)12/h6H,2-5H2,1H3,(H,13,14)(H,15,16). The maximum absolute atomic E-state index is 12.0. The molecule has 0 aliphatic carbocycles. The van der Waals surface area contributed by atoms with E-state index in [4.69, 9.17) is 5.11 Å². The number of carbonyl (C=O) groups excluding carboxylic acids is 1. The van der Waals surface area contributed by atoms with E-state index < -0.39 is 30.5 Å². The summed E-state index contributed by atoms with van der Waals surface area (Å²) in [5, 5.41) is 10.3. The molecule has 0 aromatic rings. The molecular weight excluding hydrogens is 227 g/mol. The van der Waals surface area contributed by atoms with E-state index >= 15 is 0 Å². The molecule has 0 saturated heterocycles. The van der Waals surface area contributed by atoms with Gasteiger partial charge in [-0.15, -0.1) is 0 Å². The molecular formula is C9H14F3NO3. The molecule has 1 unspecified atom stereocenters. The third-order valence-electron chi connectivity index (χ3n) is 1.83. The number of hydrogen-bond acceptors (Lipinski definition) is 2. The quantitative estimate of drug-likeness (QED) is 0.743. The lowest BCUT2D eigenvalue weighted by molar-refractivity contribution is -0.160. The number of halogens is 3. The van der Waals surface area contributed by atoms with Crippen LogP contribution in [0.15, 0.2) is 0 Å². The van der Waals surface area contributed by atoms with Gasteiger partial charge in [-0.2, -0.15) is 13.2 Å². The average Bonchev–Trinajstić information content (AvgIpc) is 2.11. The van der Waals surface area contributed by atoms with Crippen LogP contribution in [0.3, 0.4) is 0 Å². The van der Waals surface area contributed by atoms with Crippen LogP contribution in [-0.2, 0) is 9.59 Å². The molecule has 0 rings (SSSR count). The van der Waals surface area contributed by atoms with E-state index in [1.54, 1.807) is 0 Å². The molecule has 2 N–H and O–H groups in total. The van der Waals surface area contributed by atoms with Crippen molar-refractivity contribution in [1.29, 1.82) is 0 Å². The van der Waals surface area contributed by atoms with Crippen molar-refractivity contribution in [3.63, 3.8) is 0 Å². The van der Waals surface area contributed by atoms with Crippen molar-refractivity contribution in [2.45, 2.75) is 44.8 Å². The highest BCUT2D eigenvalue weighted by atomic mass is 19.4. The fourth-order valence-corrected chi connectivity index (χ4v) is 1.04. The van der Waals surface area contributed by atoms with Crippen LogP contribution < -0.4 is 5.32 Å². The molecule has 16 heavy (non-hydrogen) atoms. The molecule has 0 fully saturated rings. The van der Waals surface area contributed by atoms with Crippen molar-refractivity contribution in [2.75, 3.05) is 0 Å². The molecule has 0 bridgehead atoms. The number of rotatable bonds is 6. The van der Waals surface area contributed by atoms with Crippen LogP contribution in [0, 0.1) is 0 Å². The first-order chi connectivity index (χ1) is 7.26. The lowest BCUT2D eigenvalue weighted by atomic mass is 10.2. The number of aliphatic carboxylic acids is 1. The average molecular weight is 241 g/mol. The first-order valence-electron chi connectivity index (χ1n) is 4.85. The van der Waals surface area contributed by atoms with E-state index in [1.807, 2.05) is 12.2 Å². The largest absolute Gasteiger partial charge is 0.480 e. The van der Waals surface area contributed by atoms with Gasteiger partial charge in [-0.1, -0.05) is 13.3 Å². The molecule has 1 atom stereocenters. The first-order valence-corrected chi connectivity index (χ1v) is 4.85. The molecule has 0 radical (unpaired) electrons. The van der Waals surface area contributed by atoms with Crippen LogP contribution in [0.4, 0.5) is 13.2 Å². The van der Waals surface area contributed by atoms with Crippen molar-refractivity contribution >= 4 is 11.9 Å². The van der Waals surface area contributed by atoms with Crippen LogP contribution in [0.5, 0.6) is 0 Å². The summed E-state index contributed by atoms with van der Waals surface area (Å²) in [7, 11) is 0. The van der Waals surface area contributed by atoms with Crippen LogP contribution >= 0.6 is 0 Å². The van der Waals surface area contributed by atoms with E-state index in [1.165, 1.54) is 0 Å². The molecule has 0 saturated carbocycles. The second-order valence-corrected chi connectivity index (χ2v) is 3.38. The summed E-state index contributed by atoms with van der Waals surface area (Å²) < 4.78 is 35.9. The SMILES string of the molecule is CCCCC(=O)NC(CC(F)(F)F)C(=O)O. The number of carboxylic acids is 1. The highest BCUT2D eigenvalue weighted by molar-refractivity contribution is 5.83. The van der Waals surface area contributed by atoms with Gasteiger partial charge in [0, 0.05) is 6.42 Å². The van der Waals surface area contributed by atoms with Gasteiger partial charge in [0.25, 0.3) is 0 Å². The van der Waals surface area contributed by atoms with Gasteiger partial charge in [-0.05, 0) is 6.42 Å². The number of unbranched alkanes of at least 4 members (excludes halogenated alkanes) is 1. The summed E-state index contributed by atoms with van der Waals surface area (Å²) in [6.45, 7) is 1.82. The van der Waals surface area contributed by atoms with Gasteiger partial charge < -0.3 is 10.4 Å². The molecule has 4 nitrogen and oxygen atoms in total. The zero-order valence-corrected chi connectivity index (χ0v) is 8.80. The number of carbonyl (C=O) groups is 2. The van der Waals surface area contributed by atoms with Crippen molar-refractivity contribution in [3.8, 4) is 0 Å². The van der Waals surface area contributed by atoms with E-state index in [0.29, 0.717) is 12.8 Å². The Labute approximate surface area is 90.8 Å².